The van der Waals surface area contributed by atoms with Crippen molar-refractivity contribution >= 4 is 11.6 Å². The van der Waals surface area contributed by atoms with Gasteiger partial charge in [0.2, 0.25) is 0 Å². The minimum Gasteiger partial charge on any atom is -0.382 e. The molecule has 0 unspecified atom stereocenters. The van der Waals surface area contributed by atoms with E-state index in [-0.39, 0.29) is 5.02 Å². The molecule has 0 saturated carbocycles. The molecule has 0 amide bonds. The maximum Gasteiger partial charge on any atom is 0.416 e. The Labute approximate surface area is 93.6 Å². The number of aliphatic hydroxyl groups is 1. The van der Waals surface area contributed by atoms with Crippen LogP contribution in [0.5, 0.6) is 0 Å². The van der Waals surface area contributed by atoms with E-state index in [2.05, 4.69) is 0 Å². The van der Waals surface area contributed by atoms with Crippen LogP contribution in [-0.2, 0) is 0 Å². The third kappa shape index (κ3) is 2.84. The van der Waals surface area contributed by atoms with E-state index >= 15 is 0 Å². The Kier molecular flexibility index (Phi) is 3.77. The third-order valence-corrected chi connectivity index (χ3v) is 2.23. The highest BCUT2D eigenvalue weighted by Gasteiger charge is 2.43. The summed E-state index contributed by atoms with van der Waals surface area (Å²) >= 11 is 5.43. The zero-order chi connectivity index (χ0) is 12.5. The smallest absolute Gasteiger partial charge is 0.382 e. The molecule has 0 heterocycles. The van der Waals surface area contributed by atoms with Crippen LogP contribution in [0.25, 0.3) is 0 Å². The van der Waals surface area contributed by atoms with Crippen molar-refractivity contribution in [3.63, 3.8) is 0 Å². The highest BCUT2D eigenvalue weighted by atomic mass is 35.5. The van der Waals surface area contributed by atoms with Crippen LogP contribution < -0.4 is 5.73 Å². The molecule has 0 aliphatic rings. The van der Waals surface area contributed by atoms with Crippen molar-refractivity contribution in [2.24, 2.45) is 5.73 Å². The number of alkyl halides is 3. The van der Waals surface area contributed by atoms with Crippen molar-refractivity contribution in [2.75, 3.05) is 0 Å². The molecule has 3 N–H and O–H groups in total. The maximum absolute atomic E-state index is 13.2. The fourth-order valence-electron chi connectivity index (χ4n) is 1.15. The Hall–Kier alpha value is -0.850. The number of hydrogen-bond donors (Lipinski definition) is 2. The van der Waals surface area contributed by atoms with Gasteiger partial charge < -0.3 is 10.8 Å². The molecule has 0 radical (unpaired) electrons. The molecule has 16 heavy (non-hydrogen) atoms. The van der Waals surface area contributed by atoms with Crippen molar-refractivity contribution in [1.82, 2.24) is 0 Å². The average molecular weight is 258 g/mol. The van der Waals surface area contributed by atoms with E-state index in [0.29, 0.717) is 0 Å². The summed E-state index contributed by atoms with van der Waals surface area (Å²) in [4.78, 5) is 0. The summed E-state index contributed by atoms with van der Waals surface area (Å²) in [5.41, 5.74) is 4.69. The molecule has 0 aliphatic carbocycles. The molecular formula is C9H8ClF4NO. The van der Waals surface area contributed by atoms with E-state index < -0.39 is 29.7 Å². The summed E-state index contributed by atoms with van der Waals surface area (Å²) in [5.74, 6) is -0.983. The standard InChI is InChI=1S/C9H8ClF4NO/c10-4-1-2-5(6(11)3-4)7(15)8(16)9(12,13)14/h1-3,7-8,16H,15H2/t7-,8-/m0/s1. The second-order valence-corrected chi connectivity index (χ2v) is 3.61. The topological polar surface area (TPSA) is 46.2 Å². The summed E-state index contributed by atoms with van der Waals surface area (Å²) in [6.07, 6.45) is -7.71. The lowest BCUT2D eigenvalue weighted by Gasteiger charge is -2.21. The molecule has 0 aromatic heterocycles. The summed E-state index contributed by atoms with van der Waals surface area (Å²) in [7, 11) is 0. The van der Waals surface area contributed by atoms with Crippen LogP contribution in [0.1, 0.15) is 11.6 Å². The van der Waals surface area contributed by atoms with Crippen LogP contribution in [0.4, 0.5) is 17.6 Å². The van der Waals surface area contributed by atoms with Gasteiger partial charge in [-0.3, -0.25) is 0 Å². The zero-order valence-electron chi connectivity index (χ0n) is 7.80. The molecule has 1 rings (SSSR count). The zero-order valence-corrected chi connectivity index (χ0v) is 8.56. The SMILES string of the molecule is N[C@@H](c1ccc(Cl)cc1F)[C@H](O)C(F)(F)F. The number of hydrogen-bond acceptors (Lipinski definition) is 2. The molecule has 2 nitrogen and oxygen atoms in total. The first-order valence-corrected chi connectivity index (χ1v) is 4.56. The minimum absolute atomic E-state index is 0.0370. The van der Waals surface area contributed by atoms with Crippen LogP contribution in [0, 0.1) is 5.82 Å². The summed E-state index contributed by atoms with van der Waals surface area (Å²) in [6, 6.07) is 1.16. The number of halogens is 5. The monoisotopic (exact) mass is 257 g/mol. The largest absolute Gasteiger partial charge is 0.416 e. The molecule has 0 spiro atoms. The first-order valence-electron chi connectivity index (χ1n) is 4.19. The number of rotatable bonds is 2. The molecule has 90 valence electrons. The van der Waals surface area contributed by atoms with E-state index in [1.54, 1.807) is 0 Å². The lowest BCUT2D eigenvalue weighted by molar-refractivity contribution is -0.210. The van der Waals surface area contributed by atoms with E-state index in [1.165, 1.54) is 6.07 Å². The minimum atomic E-state index is -4.90. The van der Waals surface area contributed by atoms with Gasteiger partial charge in [0.25, 0.3) is 0 Å². The number of aliphatic hydroxyl groups excluding tert-OH is 1. The van der Waals surface area contributed by atoms with Crippen LogP contribution in [0.15, 0.2) is 18.2 Å². The van der Waals surface area contributed by atoms with Crippen LogP contribution in [-0.4, -0.2) is 17.4 Å². The maximum atomic E-state index is 13.2. The summed E-state index contributed by atoms with van der Waals surface area (Å²) < 4.78 is 49.6. The molecular weight excluding hydrogens is 250 g/mol. The molecule has 7 heteroatoms. The van der Waals surface area contributed by atoms with Gasteiger partial charge in [0, 0.05) is 10.6 Å². The molecule has 0 fully saturated rings. The van der Waals surface area contributed by atoms with Crippen LogP contribution >= 0.6 is 11.6 Å². The Morgan fingerprint density at radius 2 is 1.88 bits per heavy atom. The van der Waals surface area contributed by atoms with Gasteiger partial charge in [-0.25, -0.2) is 4.39 Å². The van der Waals surface area contributed by atoms with Gasteiger partial charge in [-0.15, -0.1) is 0 Å². The lowest BCUT2D eigenvalue weighted by atomic mass is 10.0. The molecule has 0 bridgehead atoms. The van der Waals surface area contributed by atoms with Gasteiger partial charge in [0.1, 0.15) is 5.82 Å². The van der Waals surface area contributed by atoms with Crippen molar-refractivity contribution in [3.8, 4) is 0 Å². The quantitative estimate of drug-likeness (QED) is 0.799. The van der Waals surface area contributed by atoms with Crippen molar-refractivity contribution in [3.05, 3.63) is 34.6 Å². The van der Waals surface area contributed by atoms with Crippen molar-refractivity contribution in [2.45, 2.75) is 18.3 Å². The predicted molar refractivity (Wildman–Crippen MR) is 50.4 cm³/mol. The van der Waals surface area contributed by atoms with Crippen molar-refractivity contribution < 1.29 is 22.7 Å². The third-order valence-electron chi connectivity index (χ3n) is 2.00. The first kappa shape index (κ1) is 13.2. The van der Waals surface area contributed by atoms with E-state index in [0.717, 1.165) is 12.1 Å². The van der Waals surface area contributed by atoms with Gasteiger partial charge in [-0.1, -0.05) is 17.7 Å². The molecule has 1 aromatic carbocycles. The second kappa shape index (κ2) is 4.57. The fourth-order valence-corrected chi connectivity index (χ4v) is 1.30. The Morgan fingerprint density at radius 1 is 1.31 bits per heavy atom. The second-order valence-electron chi connectivity index (χ2n) is 3.18. The lowest BCUT2D eigenvalue weighted by Crippen LogP contribution is -2.39. The van der Waals surface area contributed by atoms with E-state index in [1.807, 2.05) is 0 Å². The average Bonchev–Trinajstić information content (AvgIpc) is 2.14. The fraction of sp³-hybridized carbons (Fsp3) is 0.333. The molecule has 1 aromatic rings. The van der Waals surface area contributed by atoms with Crippen LogP contribution in [0.3, 0.4) is 0 Å². The van der Waals surface area contributed by atoms with Crippen molar-refractivity contribution in [1.29, 1.82) is 0 Å². The van der Waals surface area contributed by atoms with Gasteiger partial charge >= 0.3 is 6.18 Å². The summed E-state index contributed by atoms with van der Waals surface area (Å²) in [6.45, 7) is 0. The van der Waals surface area contributed by atoms with Gasteiger partial charge in [0.05, 0.1) is 6.04 Å². The molecule has 2 atom stereocenters. The Morgan fingerprint density at radius 3 is 2.31 bits per heavy atom. The van der Waals surface area contributed by atoms with Gasteiger partial charge in [-0.05, 0) is 12.1 Å². The van der Waals surface area contributed by atoms with E-state index in [9.17, 15) is 17.6 Å². The van der Waals surface area contributed by atoms with Crippen LogP contribution in [0.2, 0.25) is 5.02 Å². The molecule has 0 saturated heterocycles. The number of nitrogens with two attached hydrogens (primary N) is 1. The molecule has 0 aliphatic heterocycles. The Balaban J connectivity index is 3.01. The highest BCUT2D eigenvalue weighted by Crippen LogP contribution is 2.30. The van der Waals surface area contributed by atoms with Gasteiger partial charge in [-0.2, -0.15) is 13.2 Å². The van der Waals surface area contributed by atoms with Gasteiger partial charge in [0.15, 0.2) is 6.10 Å². The van der Waals surface area contributed by atoms with E-state index in [4.69, 9.17) is 22.4 Å². The normalized spacial score (nSPS) is 15.9. The summed E-state index contributed by atoms with van der Waals surface area (Å²) in [5, 5.41) is 8.89. The highest BCUT2D eigenvalue weighted by molar-refractivity contribution is 6.30. The number of benzene rings is 1. The Bertz CT molecular complexity index is 382. The predicted octanol–water partition coefficient (Wildman–Crippen LogP) is 2.40. The first-order chi connectivity index (χ1) is 7.23.